The zero-order chi connectivity index (χ0) is 9.15. The predicted molar refractivity (Wildman–Crippen MR) is 44.6 cm³/mol. The van der Waals surface area contributed by atoms with Crippen molar-refractivity contribution in [2.75, 3.05) is 33.0 Å². The highest BCUT2D eigenvalue weighted by atomic mass is 16.6. The van der Waals surface area contributed by atoms with Crippen molar-refractivity contribution < 1.29 is 19.0 Å². The van der Waals surface area contributed by atoms with Crippen molar-refractivity contribution in [3.8, 4) is 0 Å². The molecule has 1 unspecified atom stereocenters. The molecule has 3 fully saturated rings. The molecular weight excluding hydrogens is 172 g/mol. The molecule has 0 aromatic carbocycles. The summed E-state index contributed by atoms with van der Waals surface area (Å²) in [6.45, 7) is 3.67. The summed E-state index contributed by atoms with van der Waals surface area (Å²) >= 11 is 0. The molecule has 3 rings (SSSR count). The van der Waals surface area contributed by atoms with Crippen molar-refractivity contribution in [2.45, 2.75) is 18.4 Å². The maximum absolute atomic E-state index is 10.1. The SMILES string of the molecule is C1CC2(CO1)CO2.O=C1CCOC1. The average Bonchev–Trinajstić information content (AvgIpc) is 2.52. The maximum atomic E-state index is 10.1. The molecule has 0 amide bonds. The Hall–Kier alpha value is -0.450. The lowest BCUT2D eigenvalue weighted by atomic mass is 10.1. The topological polar surface area (TPSA) is 48.1 Å². The molecule has 1 spiro atoms. The molecule has 3 saturated heterocycles. The lowest BCUT2D eigenvalue weighted by molar-refractivity contribution is -0.117. The third-order valence-corrected chi connectivity index (χ3v) is 2.41. The molecule has 0 bridgehead atoms. The second-order valence-corrected chi connectivity index (χ2v) is 3.62. The van der Waals surface area contributed by atoms with E-state index in [0.29, 0.717) is 19.6 Å². The zero-order valence-corrected chi connectivity index (χ0v) is 7.58. The van der Waals surface area contributed by atoms with Gasteiger partial charge in [0, 0.05) is 19.4 Å². The summed E-state index contributed by atoms with van der Waals surface area (Å²) in [4.78, 5) is 10.1. The van der Waals surface area contributed by atoms with Crippen LogP contribution >= 0.6 is 0 Å². The van der Waals surface area contributed by atoms with Gasteiger partial charge in [0.2, 0.25) is 0 Å². The third kappa shape index (κ3) is 2.49. The zero-order valence-electron chi connectivity index (χ0n) is 7.58. The van der Waals surface area contributed by atoms with Crippen LogP contribution < -0.4 is 0 Å². The molecule has 1 atom stereocenters. The second kappa shape index (κ2) is 3.74. The summed E-state index contributed by atoms with van der Waals surface area (Å²) in [5.41, 5.74) is 0.222. The number of hydrogen-bond donors (Lipinski definition) is 0. The summed E-state index contributed by atoms with van der Waals surface area (Å²) < 4.78 is 14.9. The lowest BCUT2D eigenvalue weighted by Crippen LogP contribution is -2.07. The first-order valence-corrected chi connectivity index (χ1v) is 4.62. The van der Waals surface area contributed by atoms with Crippen molar-refractivity contribution in [3.05, 3.63) is 0 Å². The lowest BCUT2D eigenvalue weighted by Gasteiger charge is -1.90. The Morgan fingerprint density at radius 3 is 2.23 bits per heavy atom. The molecule has 13 heavy (non-hydrogen) atoms. The Bertz CT molecular complexity index is 182. The van der Waals surface area contributed by atoms with E-state index in [1.165, 1.54) is 0 Å². The van der Waals surface area contributed by atoms with E-state index in [0.717, 1.165) is 26.2 Å². The number of hydrogen-bond acceptors (Lipinski definition) is 4. The van der Waals surface area contributed by atoms with Crippen LogP contribution in [0.5, 0.6) is 0 Å². The first-order chi connectivity index (χ1) is 6.31. The summed E-state index contributed by atoms with van der Waals surface area (Å²) in [6.07, 6.45) is 1.74. The van der Waals surface area contributed by atoms with E-state index >= 15 is 0 Å². The Balaban J connectivity index is 0.000000102. The first-order valence-electron chi connectivity index (χ1n) is 4.62. The second-order valence-electron chi connectivity index (χ2n) is 3.62. The fraction of sp³-hybridized carbons (Fsp3) is 0.889. The fourth-order valence-corrected chi connectivity index (χ4v) is 1.36. The monoisotopic (exact) mass is 186 g/mol. The largest absolute Gasteiger partial charge is 0.378 e. The Morgan fingerprint density at radius 1 is 1.15 bits per heavy atom. The molecule has 0 radical (unpaired) electrons. The normalized spacial score (nSPS) is 36.2. The van der Waals surface area contributed by atoms with E-state index in [9.17, 15) is 4.79 Å². The van der Waals surface area contributed by atoms with Gasteiger partial charge in [-0.2, -0.15) is 0 Å². The van der Waals surface area contributed by atoms with E-state index < -0.39 is 0 Å². The number of carbonyl (C=O) groups excluding carboxylic acids is 1. The van der Waals surface area contributed by atoms with E-state index in [2.05, 4.69) is 0 Å². The standard InChI is InChI=1S/C5H8O2.C4H6O2/c1-2-6-3-5(1)4-7-5;5-4-1-2-6-3-4/h1-4H2;1-3H2. The van der Waals surface area contributed by atoms with Crippen molar-refractivity contribution in [1.29, 1.82) is 0 Å². The summed E-state index contributed by atoms with van der Waals surface area (Å²) in [5.74, 6) is 0.231. The number of epoxide rings is 1. The van der Waals surface area contributed by atoms with Crippen molar-refractivity contribution in [1.82, 2.24) is 0 Å². The molecule has 0 N–H and O–H groups in total. The molecule has 4 nitrogen and oxygen atoms in total. The van der Waals surface area contributed by atoms with Crippen molar-refractivity contribution in [3.63, 3.8) is 0 Å². The van der Waals surface area contributed by atoms with Gasteiger partial charge >= 0.3 is 0 Å². The quantitative estimate of drug-likeness (QED) is 0.505. The van der Waals surface area contributed by atoms with Crippen molar-refractivity contribution >= 4 is 5.78 Å². The van der Waals surface area contributed by atoms with Crippen molar-refractivity contribution in [2.24, 2.45) is 0 Å². The number of Topliss-reactive ketones (excluding diaryl/α,β-unsaturated/α-hetero) is 1. The fourth-order valence-electron chi connectivity index (χ4n) is 1.36. The Kier molecular flexibility index (Phi) is 2.62. The van der Waals surface area contributed by atoms with Crippen LogP contribution in [0.4, 0.5) is 0 Å². The maximum Gasteiger partial charge on any atom is 0.160 e. The van der Waals surface area contributed by atoms with Gasteiger partial charge in [0.15, 0.2) is 5.78 Å². The molecule has 0 aromatic heterocycles. The van der Waals surface area contributed by atoms with Gasteiger partial charge in [-0.15, -0.1) is 0 Å². The van der Waals surface area contributed by atoms with Gasteiger partial charge in [-0.1, -0.05) is 0 Å². The van der Waals surface area contributed by atoms with Crippen LogP contribution in [0.25, 0.3) is 0 Å². The molecule has 4 heteroatoms. The first kappa shape index (κ1) is 9.12. The minimum Gasteiger partial charge on any atom is -0.378 e. The smallest absolute Gasteiger partial charge is 0.160 e. The van der Waals surface area contributed by atoms with Gasteiger partial charge in [0.25, 0.3) is 0 Å². The molecule has 0 aliphatic carbocycles. The van der Waals surface area contributed by atoms with Gasteiger partial charge in [0.1, 0.15) is 12.2 Å². The average molecular weight is 186 g/mol. The molecule has 3 aliphatic rings. The molecule has 3 heterocycles. The van der Waals surface area contributed by atoms with Crippen LogP contribution in [0, 0.1) is 0 Å². The van der Waals surface area contributed by atoms with Gasteiger partial charge in [0.05, 0.1) is 19.8 Å². The molecular formula is C9H14O4. The summed E-state index contributed by atoms with van der Waals surface area (Å²) in [6, 6.07) is 0. The van der Waals surface area contributed by atoms with Crippen LogP contribution in [0.2, 0.25) is 0 Å². The van der Waals surface area contributed by atoms with Gasteiger partial charge in [-0.3, -0.25) is 4.79 Å². The Labute approximate surface area is 77.1 Å². The highest BCUT2D eigenvalue weighted by Gasteiger charge is 2.47. The van der Waals surface area contributed by atoms with E-state index in [4.69, 9.17) is 14.2 Å². The van der Waals surface area contributed by atoms with Crippen LogP contribution in [-0.2, 0) is 19.0 Å². The number of ketones is 1. The summed E-state index contributed by atoms with van der Waals surface area (Å²) in [5, 5.41) is 0. The van der Waals surface area contributed by atoms with E-state index in [-0.39, 0.29) is 11.4 Å². The third-order valence-electron chi connectivity index (χ3n) is 2.41. The highest BCUT2D eigenvalue weighted by molar-refractivity contribution is 5.81. The minimum atomic E-state index is 0.222. The van der Waals surface area contributed by atoms with Gasteiger partial charge in [-0.25, -0.2) is 0 Å². The van der Waals surface area contributed by atoms with E-state index in [1.54, 1.807) is 0 Å². The minimum absolute atomic E-state index is 0.222. The molecule has 74 valence electrons. The number of rotatable bonds is 0. The van der Waals surface area contributed by atoms with Gasteiger partial charge in [-0.05, 0) is 0 Å². The number of ether oxygens (including phenoxy) is 3. The van der Waals surface area contributed by atoms with E-state index in [1.807, 2.05) is 0 Å². The van der Waals surface area contributed by atoms with Gasteiger partial charge < -0.3 is 14.2 Å². The van der Waals surface area contributed by atoms with Crippen LogP contribution in [-0.4, -0.2) is 44.4 Å². The molecule has 3 aliphatic heterocycles. The highest BCUT2D eigenvalue weighted by Crippen LogP contribution is 2.34. The number of carbonyl (C=O) groups is 1. The summed E-state index contributed by atoms with van der Waals surface area (Å²) in [7, 11) is 0. The van der Waals surface area contributed by atoms with Crippen LogP contribution in [0.15, 0.2) is 0 Å². The van der Waals surface area contributed by atoms with Crippen LogP contribution in [0.1, 0.15) is 12.8 Å². The Morgan fingerprint density at radius 2 is 2.00 bits per heavy atom. The predicted octanol–water partition coefficient (Wildman–Crippen LogP) is 0.151. The molecule has 0 saturated carbocycles. The molecule has 0 aromatic rings. The van der Waals surface area contributed by atoms with Crippen LogP contribution in [0.3, 0.4) is 0 Å².